The number of rotatable bonds is 7. The number of amides is 1. The fraction of sp³-hybridized carbons (Fsp3) is 0.222. The van der Waals surface area contributed by atoms with Crippen molar-refractivity contribution in [1.29, 1.82) is 0 Å². The van der Waals surface area contributed by atoms with Crippen LogP contribution >= 0.6 is 23.1 Å². The second-order valence-corrected chi connectivity index (χ2v) is 8.06. The maximum Gasteiger partial charge on any atom is 0.269 e. The van der Waals surface area contributed by atoms with Crippen LogP contribution in [0.2, 0.25) is 0 Å². The summed E-state index contributed by atoms with van der Waals surface area (Å²) >= 11 is 2.61. The van der Waals surface area contributed by atoms with Gasteiger partial charge in [-0.15, -0.1) is 11.3 Å². The Bertz CT molecular complexity index is 1000. The van der Waals surface area contributed by atoms with E-state index >= 15 is 0 Å². The minimum atomic E-state index is -0.418. The number of aryl methyl sites for hydroxylation is 2. The van der Waals surface area contributed by atoms with Gasteiger partial charge in [-0.1, -0.05) is 23.9 Å². The first-order valence-electron chi connectivity index (χ1n) is 8.32. The van der Waals surface area contributed by atoms with Crippen molar-refractivity contribution in [2.45, 2.75) is 25.4 Å². The van der Waals surface area contributed by atoms with Gasteiger partial charge in [0, 0.05) is 41.0 Å². The zero-order chi connectivity index (χ0) is 20.1. The molecule has 0 saturated heterocycles. The standard InChI is InChI=1S/C18H17N5O3S2/c1-11-6-12(2)21-18(20-11)27-10-16(24)22-17-19-9-15(28-17)8-13-4-3-5-14(7-13)23(25)26/h3-7,9H,8,10H2,1-2H3,(H,19,22,24). The van der Waals surface area contributed by atoms with Crippen molar-refractivity contribution < 1.29 is 9.72 Å². The van der Waals surface area contributed by atoms with E-state index in [0.717, 1.165) is 21.8 Å². The molecular formula is C18H17N5O3S2. The van der Waals surface area contributed by atoms with Gasteiger partial charge in [-0.25, -0.2) is 15.0 Å². The van der Waals surface area contributed by atoms with Crippen LogP contribution in [0.4, 0.5) is 10.8 Å². The number of thiazole rings is 1. The van der Waals surface area contributed by atoms with E-state index in [0.29, 0.717) is 16.7 Å². The molecule has 1 N–H and O–H groups in total. The number of benzene rings is 1. The molecule has 1 aromatic carbocycles. The fourth-order valence-corrected chi connectivity index (χ4v) is 4.08. The van der Waals surface area contributed by atoms with Crippen LogP contribution in [0.3, 0.4) is 0 Å². The number of non-ortho nitro benzene ring substituents is 1. The molecule has 0 fully saturated rings. The molecule has 2 aromatic heterocycles. The molecule has 2 heterocycles. The second-order valence-electron chi connectivity index (χ2n) is 6.01. The molecule has 0 saturated carbocycles. The average molecular weight is 416 g/mol. The topological polar surface area (TPSA) is 111 Å². The van der Waals surface area contributed by atoms with Crippen molar-refractivity contribution in [3.63, 3.8) is 0 Å². The quantitative estimate of drug-likeness (QED) is 0.270. The molecule has 10 heteroatoms. The van der Waals surface area contributed by atoms with E-state index < -0.39 is 4.92 Å². The summed E-state index contributed by atoms with van der Waals surface area (Å²) < 4.78 is 0. The lowest BCUT2D eigenvalue weighted by Crippen LogP contribution is -2.14. The summed E-state index contributed by atoms with van der Waals surface area (Å²) in [6, 6.07) is 8.36. The molecule has 0 atom stereocenters. The lowest BCUT2D eigenvalue weighted by molar-refractivity contribution is -0.384. The van der Waals surface area contributed by atoms with E-state index in [1.165, 1.54) is 29.2 Å². The molecule has 3 rings (SSSR count). The molecule has 1 amide bonds. The Morgan fingerprint density at radius 1 is 1.25 bits per heavy atom. The zero-order valence-corrected chi connectivity index (χ0v) is 16.8. The maximum absolute atomic E-state index is 12.1. The Balaban J connectivity index is 1.56. The van der Waals surface area contributed by atoms with E-state index in [2.05, 4.69) is 20.3 Å². The molecule has 8 nitrogen and oxygen atoms in total. The SMILES string of the molecule is Cc1cc(C)nc(SCC(=O)Nc2ncc(Cc3cccc([N+](=O)[O-])c3)s2)n1. The van der Waals surface area contributed by atoms with Gasteiger partial charge in [-0.05, 0) is 25.5 Å². The number of nitro groups is 1. The Morgan fingerprint density at radius 3 is 2.71 bits per heavy atom. The molecular weight excluding hydrogens is 398 g/mol. The number of anilines is 1. The van der Waals surface area contributed by atoms with Gasteiger partial charge in [-0.3, -0.25) is 14.9 Å². The molecule has 3 aromatic rings. The Kier molecular flexibility index (Phi) is 6.32. The first-order valence-corrected chi connectivity index (χ1v) is 10.1. The van der Waals surface area contributed by atoms with Gasteiger partial charge in [0.1, 0.15) is 0 Å². The highest BCUT2D eigenvalue weighted by atomic mass is 32.2. The fourth-order valence-electron chi connectivity index (χ4n) is 2.47. The van der Waals surface area contributed by atoms with Gasteiger partial charge in [0.15, 0.2) is 10.3 Å². The van der Waals surface area contributed by atoms with Crippen molar-refractivity contribution in [1.82, 2.24) is 15.0 Å². The predicted octanol–water partition coefficient (Wildman–Crippen LogP) is 3.78. The minimum Gasteiger partial charge on any atom is -0.301 e. The molecule has 0 radical (unpaired) electrons. The summed E-state index contributed by atoms with van der Waals surface area (Å²) in [4.78, 5) is 36.3. The minimum absolute atomic E-state index is 0.0566. The zero-order valence-electron chi connectivity index (χ0n) is 15.2. The number of thioether (sulfide) groups is 1. The molecule has 0 bridgehead atoms. The molecule has 28 heavy (non-hydrogen) atoms. The maximum atomic E-state index is 12.1. The smallest absolute Gasteiger partial charge is 0.269 e. The number of carbonyl (C=O) groups excluding carboxylic acids is 1. The van der Waals surface area contributed by atoms with Crippen molar-refractivity contribution in [3.05, 3.63) is 68.5 Å². The largest absolute Gasteiger partial charge is 0.301 e. The third kappa shape index (κ3) is 5.57. The van der Waals surface area contributed by atoms with Crippen LogP contribution in [-0.2, 0) is 11.2 Å². The van der Waals surface area contributed by atoms with Crippen molar-refractivity contribution >= 4 is 39.8 Å². The first kappa shape index (κ1) is 19.9. The van der Waals surface area contributed by atoms with E-state index in [1.54, 1.807) is 18.3 Å². The Labute approximate surface area is 169 Å². The summed E-state index contributed by atoms with van der Waals surface area (Å²) in [5.74, 6) is -0.00751. The Hall–Kier alpha value is -2.85. The number of nitro benzene ring substituents is 1. The van der Waals surface area contributed by atoms with Gasteiger partial charge in [-0.2, -0.15) is 0 Å². The lowest BCUT2D eigenvalue weighted by atomic mass is 10.1. The van der Waals surface area contributed by atoms with Crippen LogP contribution in [0.1, 0.15) is 21.8 Å². The van der Waals surface area contributed by atoms with E-state index in [9.17, 15) is 14.9 Å². The number of carbonyl (C=O) groups is 1. The lowest BCUT2D eigenvalue weighted by Gasteiger charge is -2.03. The first-order chi connectivity index (χ1) is 13.4. The summed E-state index contributed by atoms with van der Waals surface area (Å²) in [5.41, 5.74) is 2.60. The number of hydrogen-bond acceptors (Lipinski definition) is 8. The summed E-state index contributed by atoms with van der Waals surface area (Å²) in [6.07, 6.45) is 2.18. The van der Waals surface area contributed by atoms with Crippen LogP contribution in [0.5, 0.6) is 0 Å². The van der Waals surface area contributed by atoms with Gasteiger partial charge in [0.2, 0.25) is 5.91 Å². The number of nitrogens with zero attached hydrogens (tertiary/aromatic N) is 4. The molecule has 0 aliphatic rings. The van der Waals surface area contributed by atoms with Crippen molar-refractivity contribution in [3.8, 4) is 0 Å². The van der Waals surface area contributed by atoms with Crippen LogP contribution in [0.15, 0.2) is 41.7 Å². The van der Waals surface area contributed by atoms with E-state index in [4.69, 9.17) is 0 Å². The second kappa shape index (κ2) is 8.89. The number of nitrogens with one attached hydrogen (secondary N) is 1. The van der Waals surface area contributed by atoms with Gasteiger partial charge < -0.3 is 5.32 Å². The molecule has 0 aliphatic carbocycles. The van der Waals surface area contributed by atoms with Gasteiger partial charge in [0.05, 0.1) is 10.7 Å². The monoisotopic (exact) mass is 415 g/mol. The third-order valence-electron chi connectivity index (χ3n) is 3.59. The van der Waals surface area contributed by atoms with Crippen molar-refractivity contribution in [2.75, 3.05) is 11.1 Å². The van der Waals surface area contributed by atoms with Crippen LogP contribution in [-0.4, -0.2) is 31.5 Å². The van der Waals surface area contributed by atoms with Gasteiger partial charge >= 0.3 is 0 Å². The highest BCUT2D eigenvalue weighted by Crippen LogP contribution is 2.23. The van der Waals surface area contributed by atoms with Crippen LogP contribution < -0.4 is 5.32 Å². The molecule has 0 aliphatic heterocycles. The van der Waals surface area contributed by atoms with E-state index in [1.807, 2.05) is 26.0 Å². The number of hydrogen-bond donors (Lipinski definition) is 1. The third-order valence-corrected chi connectivity index (χ3v) is 5.35. The van der Waals surface area contributed by atoms with E-state index in [-0.39, 0.29) is 17.3 Å². The average Bonchev–Trinajstić information content (AvgIpc) is 3.06. The summed E-state index contributed by atoms with van der Waals surface area (Å²) in [7, 11) is 0. The summed E-state index contributed by atoms with van der Waals surface area (Å²) in [5, 5.41) is 14.7. The predicted molar refractivity (Wildman–Crippen MR) is 109 cm³/mol. The van der Waals surface area contributed by atoms with Crippen molar-refractivity contribution in [2.24, 2.45) is 0 Å². The molecule has 144 valence electrons. The van der Waals surface area contributed by atoms with Crippen LogP contribution in [0.25, 0.3) is 0 Å². The number of aromatic nitrogens is 3. The van der Waals surface area contributed by atoms with Gasteiger partial charge in [0.25, 0.3) is 5.69 Å². The highest BCUT2D eigenvalue weighted by molar-refractivity contribution is 7.99. The van der Waals surface area contributed by atoms with Crippen LogP contribution in [0, 0.1) is 24.0 Å². The molecule has 0 spiro atoms. The molecule has 0 unspecified atom stereocenters. The highest BCUT2D eigenvalue weighted by Gasteiger charge is 2.11. The normalized spacial score (nSPS) is 10.6. The summed E-state index contributed by atoms with van der Waals surface area (Å²) in [6.45, 7) is 3.77. The Morgan fingerprint density at radius 2 is 2.00 bits per heavy atom.